The fourth-order valence-electron chi connectivity index (χ4n) is 4.03. The van der Waals surface area contributed by atoms with Gasteiger partial charge in [0, 0.05) is 27.9 Å². The van der Waals surface area contributed by atoms with Gasteiger partial charge in [-0.05, 0) is 19.1 Å². The Morgan fingerprint density at radius 1 is 0.655 bits per heavy atom. The number of aliphatic imine (C=N–C) groups is 1. The Balaban J connectivity index is 1.84. The van der Waals surface area contributed by atoms with E-state index in [4.69, 9.17) is 4.99 Å². The van der Waals surface area contributed by atoms with E-state index in [9.17, 15) is 0 Å². The van der Waals surface area contributed by atoms with Gasteiger partial charge in [0.2, 0.25) is 0 Å². The molecule has 4 aromatic rings. The number of benzene rings is 4. The van der Waals surface area contributed by atoms with E-state index in [0.717, 1.165) is 33.7 Å². The third-order valence-corrected chi connectivity index (χ3v) is 5.46. The van der Waals surface area contributed by atoms with Crippen LogP contribution in [-0.4, -0.2) is 5.71 Å². The highest BCUT2D eigenvalue weighted by atomic mass is 15.2. The molecular weight excluding hydrogens is 352 g/mol. The number of hydrogen-bond donors (Lipinski definition) is 1. The lowest BCUT2D eigenvalue weighted by molar-refractivity contribution is 0.620. The van der Waals surface area contributed by atoms with Gasteiger partial charge in [0.15, 0.2) is 5.66 Å². The number of fused-ring (bicyclic) bond motifs is 1. The summed E-state index contributed by atoms with van der Waals surface area (Å²) in [7, 11) is 0. The normalized spacial score (nSPS) is 14.4. The zero-order valence-electron chi connectivity index (χ0n) is 16.3. The maximum Gasteiger partial charge on any atom is 0.182 e. The Bertz CT molecular complexity index is 1120. The number of nitrogens with one attached hydrogen (secondary N) is 1. The predicted octanol–water partition coefficient (Wildman–Crippen LogP) is 6.16. The average molecular weight is 374 g/mol. The minimum absolute atomic E-state index is 0.685. The third-order valence-electron chi connectivity index (χ3n) is 5.46. The van der Waals surface area contributed by atoms with E-state index in [-0.39, 0.29) is 0 Å². The fraction of sp³-hybridized carbons (Fsp3) is 0.0741. The highest BCUT2D eigenvalue weighted by Crippen LogP contribution is 2.41. The Hall–Kier alpha value is -3.65. The predicted molar refractivity (Wildman–Crippen MR) is 121 cm³/mol. The van der Waals surface area contributed by atoms with E-state index >= 15 is 0 Å². The molecule has 0 aliphatic carbocycles. The molecule has 4 aromatic carbocycles. The quantitative estimate of drug-likeness (QED) is 0.456. The van der Waals surface area contributed by atoms with Gasteiger partial charge in [0.05, 0.1) is 5.71 Å². The number of hydrogen-bond acceptors (Lipinski definition) is 2. The molecule has 0 atom stereocenters. The van der Waals surface area contributed by atoms with Gasteiger partial charge in [-0.3, -0.25) is 0 Å². The third kappa shape index (κ3) is 3.03. The van der Waals surface area contributed by atoms with Crippen molar-refractivity contribution >= 4 is 11.4 Å². The monoisotopic (exact) mass is 374 g/mol. The zero-order chi connectivity index (χ0) is 19.7. The first kappa shape index (κ1) is 17.4. The minimum atomic E-state index is -0.685. The maximum absolute atomic E-state index is 5.41. The lowest BCUT2D eigenvalue weighted by atomic mass is 9.86. The molecule has 0 saturated carbocycles. The lowest BCUT2D eigenvalue weighted by Gasteiger charge is -2.38. The van der Waals surface area contributed by atoms with E-state index in [1.165, 1.54) is 5.56 Å². The molecule has 29 heavy (non-hydrogen) atoms. The second-order valence-corrected chi connectivity index (χ2v) is 7.44. The highest BCUT2D eigenvalue weighted by molar-refractivity contribution is 6.17. The summed E-state index contributed by atoms with van der Waals surface area (Å²) in [6, 6.07) is 38.0. The summed E-state index contributed by atoms with van der Waals surface area (Å²) in [6.45, 7) is 2.12. The van der Waals surface area contributed by atoms with Gasteiger partial charge in [-0.25, -0.2) is 4.99 Å². The molecule has 0 saturated heterocycles. The molecule has 0 aromatic heterocycles. The molecule has 1 N–H and O–H groups in total. The van der Waals surface area contributed by atoms with Crippen molar-refractivity contribution in [2.45, 2.75) is 12.6 Å². The molecule has 0 fully saturated rings. The van der Waals surface area contributed by atoms with E-state index < -0.39 is 5.66 Å². The van der Waals surface area contributed by atoms with Crippen LogP contribution in [-0.2, 0) is 5.66 Å². The largest absolute Gasteiger partial charge is 0.353 e. The summed E-state index contributed by atoms with van der Waals surface area (Å²) >= 11 is 0. The number of aryl methyl sites for hydroxylation is 1. The first-order valence-corrected chi connectivity index (χ1v) is 9.92. The molecule has 0 spiro atoms. The van der Waals surface area contributed by atoms with Crippen molar-refractivity contribution < 1.29 is 0 Å². The second kappa shape index (κ2) is 7.06. The molecule has 0 bridgehead atoms. The van der Waals surface area contributed by atoms with Crippen molar-refractivity contribution in [1.29, 1.82) is 0 Å². The van der Waals surface area contributed by atoms with Crippen LogP contribution < -0.4 is 5.32 Å². The van der Waals surface area contributed by atoms with Crippen LogP contribution in [0.25, 0.3) is 0 Å². The molecule has 2 nitrogen and oxygen atoms in total. The van der Waals surface area contributed by atoms with Crippen LogP contribution >= 0.6 is 0 Å². The molecule has 1 aliphatic rings. The molecular formula is C27H22N2. The Morgan fingerprint density at radius 2 is 1.21 bits per heavy atom. The average Bonchev–Trinajstić information content (AvgIpc) is 2.80. The molecule has 140 valence electrons. The van der Waals surface area contributed by atoms with Crippen LogP contribution in [0.1, 0.15) is 27.8 Å². The maximum atomic E-state index is 5.41. The zero-order valence-corrected chi connectivity index (χ0v) is 16.3. The Labute approximate surface area is 171 Å². The van der Waals surface area contributed by atoms with E-state index in [1.54, 1.807) is 0 Å². The van der Waals surface area contributed by atoms with E-state index in [2.05, 4.69) is 103 Å². The Kier molecular flexibility index (Phi) is 4.25. The van der Waals surface area contributed by atoms with Gasteiger partial charge >= 0.3 is 0 Å². The van der Waals surface area contributed by atoms with Gasteiger partial charge in [-0.2, -0.15) is 0 Å². The van der Waals surface area contributed by atoms with Crippen LogP contribution in [0, 0.1) is 6.92 Å². The SMILES string of the molecule is Cc1ccc2c(c1)C(c1ccccc1)=NC(c1ccccc1)(c1ccccc1)N2. The van der Waals surface area contributed by atoms with Gasteiger partial charge in [-0.15, -0.1) is 0 Å². The number of anilines is 1. The molecule has 2 heteroatoms. The summed E-state index contributed by atoms with van der Waals surface area (Å²) in [5.41, 5.74) is 7.14. The van der Waals surface area contributed by atoms with Crippen molar-refractivity contribution in [3.63, 3.8) is 0 Å². The summed E-state index contributed by atoms with van der Waals surface area (Å²) in [6.07, 6.45) is 0. The molecule has 0 amide bonds. The Morgan fingerprint density at radius 3 is 1.79 bits per heavy atom. The first-order chi connectivity index (χ1) is 14.3. The number of nitrogens with zero attached hydrogens (tertiary/aromatic N) is 1. The highest BCUT2D eigenvalue weighted by Gasteiger charge is 2.38. The molecule has 5 rings (SSSR count). The van der Waals surface area contributed by atoms with Crippen molar-refractivity contribution in [1.82, 2.24) is 0 Å². The first-order valence-electron chi connectivity index (χ1n) is 9.92. The van der Waals surface area contributed by atoms with Crippen LogP contribution in [0.4, 0.5) is 5.69 Å². The second-order valence-electron chi connectivity index (χ2n) is 7.44. The smallest absolute Gasteiger partial charge is 0.182 e. The summed E-state index contributed by atoms with van der Waals surface area (Å²) in [5.74, 6) is 0. The standard InChI is InChI=1S/C27H22N2/c1-20-17-18-25-24(19-20)26(21-11-5-2-6-12-21)29-27(28-25,22-13-7-3-8-14-22)23-15-9-4-10-16-23/h2-19,28H,1H3. The summed E-state index contributed by atoms with van der Waals surface area (Å²) < 4.78 is 0. The van der Waals surface area contributed by atoms with Crippen molar-refractivity contribution in [3.05, 3.63) is 137 Å². The summed E-state index contributed by atoms with van der Waals surface area (Å²) in [5, 5.41) is 3.78. The van der Waals surface area contributed by atoms with Crippen molar-refractivity contribution in [3.8, 4) is 0 Å². The summed E-state index contributed by atoms with van der Waals surface area (Å²) in [4.78, 5) is 5.41. The van der Waals surface area contributed by atoms with Crippen LogP contribution in [0.5, 0.6) is 0 Å². The van der Waals surface area contributed by atoms with Gasteiger partial charge in [0.25, 0.3) is 0 Å². The fourth-order valence-corrected chi connectivity index (χ4v) is 4.03. The van der Waals surface area contributed by atoms with Crippen molar-refractivity contribution in [2.75, 3.05) is 5.32 Å². The molecule has 0 unspecified atom stereocenters. The van der Waals surface area contributed by atoms with Gasteiger partial charge in [0.1, 0.15) is 0 Å². The van der Waals surface area contributed by atoms with Crippen LogP contribution in [0.15, 0.2) is 114 Å². The number of rotatable bonds is 3. The molecule has 1 aliphatic heterocycles. The minimum Gasteiger partial charge on any atom is -0.353 e. The lowest BCUT2D eigenvalue weighted by Crippen LogP contribution is -2.39. The van der Waals surface area contributed by atoms with E-state index in [0.29, 0.717) is 0 Å². The topological polar surface area (TPSA) is 24.4 Å². The molecule has 0 radical (unpaired) electrons. The van der Waals surface area contributed by atoms with Gasteiger partial charge in [-0.1, -0.05) is 103 Å². The van der Waals surface area contributed by atoms with Crippen LogP contribution in [0.2, 0.25) is 0 Å². The van der Waals surface area contributed by atoms with E-state index in [1.807, 2.05) is 18.2 Å². The van der Waals surface area contributed by atoms with Crippen molar-refractivity contribution in [2.24, 2.45) is 4.99 Å². The van der Waals surface area contributed by atoms with Gasteiger partial charge < -0.3 is 5.32 Å². The van der Waals surface area contributed by atoms with Crippen LogP contribution in [0.3, 0.4) is 0 Å². The molecule has 1 heterocycles.